The van der Waals surface area contributed by atoms with Crippen LogP contribution in [0.15, 0.2) is 36.5 Å². The van der Waals surface area contributed by atoms with Gasteiger partial charge in [-0.2, -0.15) is 5.10 Å². The number of amides is 1. The monoisotopic (exact) mass is 322 g/mol. The second-order valence-corrected chi connectivity index (χ2v) is 5.10. The maximum atomic E-state index is 12.2. The van der Waals surface area contributed by atoms with E-state index >= 15 is 0 Å². The summed E-state index contributed by atoms with van der Waals surface area (Å²) in [5.41, 5.74) is 8.18. The number of ether oxygens (including phenoxy) is 1. The number of hydrogen-bond acceptors (Lipinski definition) is 4. The van der Waals surface area contributed by atoms with Crippen molar-refractivity contribution in [3.63, 3.8) is 0 Å². The lowest BCUT2D eigenvalue weighted by atomic mass is 10.1. The fourth-order valence-electron chi connectivity index (χ4n) is 2.48. The molecule has 118 valence electrons. The molecule has 1 fully saturated rings. The summed E-state index contributed by atoms with van der Waals surface area (Å²) in [6.45, 7) is 0.457. The number of aromatic amines is 1. The molecule has 0 saturated carbocycles. The highest BCUT2D eigenvalue weighted by molar-refractivity contribution is 5.94. The zero-order valence-corrected chi connectivity index (χ0v) is 12.8. The van der Waals surface area contributed by atoms with Gasteiger partial charge in [-0.25, -0.2) is 0 Å². The quantitative estimate of drug-likeness (QED) is 0.802. The van der Waals surface area contributed by atoms with Crippen molar-refractivity contribution < 1.29 is 9.53 Å². The van der Waals surface area contributed by atoms with Crippen molar-refractivity contribution in [2.45, 2.75) is 25.0 Å². The van der Waals surface area contributed by atoms with Crippen LogP contribution in [0.5, 0.6) is 0 Å². The molecule has 0 bridgehead atoms. The largest absolute Gasteiger partial charge is 0.364 e. The van der Waals surface area contributed by atoms with E-state index in [4.69, 9.17) is 10.5 Å². The third-order valence-electron chi connectivity index (χ3n) is 3.60. The summed E-state index contributed by atoms with van der Waals surface area (Å²) < 4.78 is 5.59. The maximum absolute atomic E-state index is 12.2. The van der Waals surface area contributed by atoms with Crippen LogP contribution >= 0.6 is 12.4 Å². The third-order valence-corrected chi connectivity index (χ3v) is 3.60. The van der Waals surface area contributed by atoms with E-state index in [9.17, 15) is 4.79 Å². The number of rotatable bonds is 4. The molecule has 1 aliphatic rings. The predicted molar refractivity (Wildman–Crippen MR) is 86.9 cm³/mol. The lowest BCUT2D eigenvalue weighted by Crippen LogP contribution is -2.29. The Kier molecular flexibility index (Phi) is 5.54. The van der Waals surface area contributed by atoms with Crippen molar-refractivity contribution in [1.82, 2.24) is 10.2 Å². The van der Waals surface area contributed by atoms with Crippen LogP contribution < -0.4 is 11.1 Å². The molecule has 2 atom stereocenters. The van der Waals surface area contributed by atoms with E-state index in [-0.39, 0.29) is 24.4 Å². The number of nitrogens with one attached hydrogen (secondary N) is 2. The third kappa shape index (κ3) is 3.65. The number of carbonyl (C=O) groups excluding carboxylic acids is 1. The molecule has 1 amide bonds. The summed E-state index contributed by atoms with van der Waals surface area (Å²) in [4.78, 5) is 12.2. The maximum Gasteiger partial charge on any atom is 0.253 e. The smallest absolute Gasteiger partial charge is 0.253 e. The summed E-state index contributed by atoms with van der Waals surface area (Å²) in [7, 11) is 0. The molecule has 7 heteroatoms. The zero-order valence-electron chi connectivity index (χ0n) is 12.0. The van der Waals surface area contributed by atoms with Crippen LogP contribution in [0, 0.1) is 0 Å². The van der Waals surface area contributed by atoms with Gasteiger partial charge in [0.1, 0.15) is 6.10 Å². The number of hydrogen-bond donors (Lipinski definition) is 3. The molecule has 0 aliphatic carbocycles. The standard InChI is InChI=1S/C15H18N4O2.ClH/c16-9-12-4-5-14(21-12)15(20)18-11-3-1-2-10(8-11)13-6-7-17-19-13;/h1-3,6-8,12,14H,4-5,9,16H2,(H,17,19)(H,18,20);1H/t12-,14+;/m1./s1. The van der Waals surface area contributed by atoms with Gasteiger partial charge >= 0.3 is 0 Å². The summed E-state index contributed by atoms with van der Waals surface area (Å²) in [5.74, 6) is -0.118. The van der Waals surface area contributed by atoms with Crippen molar-refractivity contribution in [3.05, 3.63) is 36.5 Å². The number of carbonyl (C=O) groups is 1. The van der Waals surface area contributed by atoms with Crippen molar-refractivity contribution in [2.24, 2.45) is 5.73 Å². The van der Waals surface area contributed by atoms with Gasteiger partial charge in [0.05, 0.1) is 11.8 Å². The number of H-pyrrole nitrogens is 1. The average Bonchev–Trinajstić information content (AvgIpc) is 3.19. The van der Waals surface area contributed by atoms with Crippen LogP contribution in [-0.2, 0) is 9.53 Å². The van der Waals surface area contributed by atoms with E-state index in [1.54, 1.807) is 6.20 Å². The number of halogens is 1. The number of nitrogens with zero attached hydrogens (tertiary/aromatic N) is 1. The van der Waals surface area contributed by atoms with E-state index in [0.29, 0.717) is 13.0 Å². The van der Waals surface area contributed by atoms with E-state index < -0.39 is 6.10 Å². The van der Waals surface area contributed by atoms with E-state index in [1.165, 1.54) is 0 Å². The first-order valence-electron chi connectivity index (χ1n) is 7.02. The first-order valence-corrected chi connectivity index (χ1v) is 7.02. The molecule has 0 unspecified atom stereocenters. The highest BCUT2D eigenvalue weighted by Crippen LogP contribution is 2.23. The molecule has 0 spiro atoms. The van der Waals surface area contributed by atoms with Crippen LogP contribution in [0.4, 0.5) is 5.69 Å². The number of nitrogens with two attached hydrogens (primary N) is 1. The molecule has 4 N–H and O–H groups in total. The van der Waals surface area contributed by atoms with Gasteiger partial charge in [0.25, 0.3) is 5.91 Å². The second kappa shape index (κ2) is 7.40. The summed E-state index contributed by atoms with van der Waals surface area (Å²) in [6, 6.07) is 9.49. The van der Waals surface area contributed by atoms with Gasteiger partial charge in [-0.15, -0.1) is 12.4 Å². The van der Waals surface area contributed by atoms with Crippen molar-refractivity contribution in [3.8, 4) is 11.3 Å². The minimum Gasteiger partial charge on any atom is -0.364 e. The van der Waals surface area contributed by atoms with Gasteiger partial charge in [0.2, 0.25) is 0 Å². The minimum absolute atomic E-state index is 0. The molecular formula is C15H19ClN4O2. The Bertz CT molecular complexity index is 618. The summed E-state index contributed by atoms with van der Waals surface area (Å²) in [6.07, 6.45) is 2.84. The fourth-order valence-corrected chi connectivity index (χ4v) is 2.48. The van der Waals surface area contributed by atoms with Gasteiger partial charge in [0.15, 0.2) is 0 Å². The topological polar surface area (TPSA) is 93.0 Å². The first-order chi connectivity index (χ1) is 10.3. The van der Waals surface area contributed by atoms with Crippen LogP contribution in [0.1, 0.15) is 12.8 Å². The fraction of sp³-hybridized carbons (Fsp3) is 0.333. The van der Waals surface area contributed by atoms with Crippen LogP contribution in [-0.4, -0.2) is 34.9 Å². The lowest BCUT2D eigenvalue weighted by molar-refractivity contribution is -0.126. The van der Waals surface area contributed by atoms with Crippen molar-refractivity contribution in [2.75, 3.05) is 11.9 Å². The van der Waals surface area contributed by atoms with Gasteiger partial charge in [0, 0.05) is 24.0 Å². The Morgan fingerprint density at radius 1 is 1.41 bits per heavy atom. The second-order valence-electron chi connectivity index (χ2n) is 5.10. The molecule has 1 saturated heterocycles. The molecule has 2 heterocycles. The minimum atomic E-state index is -0.408. The zero-order chi connectivity index (χ0) is 14.7. The van der Waals surface area contributed by atoms with Crippen LogP contribution in [0.2, 0.25) is 0 Å². The molecule has 22 heavy (non-hydrogen) atoms. The highest BCUT2D eigenvalue weighted by Gasteiger charge is 2.29. The average molecular weight is 323 g/mol. The van der Waals surface area contributed by atoms with Gasteiger partial charge < -0.3 is 15.8 Å². The predicted octanol–water partition coefficient (Wildman–Crippen LogP) is 1.94. The first kappa shape index (κ1) is 16.5. The van der Waals surface area contributed by atoms with Gasteiger partial charge in [-0.3, -0.25) is 9.89 Å². The number of benzene rings is 1. The Balaban J connectivity index is 0.00000176. The molecule has 1 aliphatic heterocycles. The molecule has 3 rings (SSSR count). The van der Waals surface area contributed by atoms with E-state index in [1.807, 2.05) is 30.3 Å². The van der Waals surface area contributed by atoms with Crippen LogP contribution in [0.3, 0.4) is 0 Å². The van der Waals surface area contributed by atoms with Crippen molar-refractivity contribution >= 4 is 24.0 Å². The Morgan fingerprint density at radius 3 is 2.95 bits per heavy atom. The normalized spacial score (nSPS) is 20.4. The SMILES string of the molecule is Cl.NC[C@H]1CC[C@@H](C(=O)Nc2cccc(-c3ccn[nH]3)c2)O1. The van der Waals surface area contributed by atoms with E-state index in [0.717, 1.165) is 23.4 Å². The summed E-state index contributed by atoms with van der Waals surface area (Å²) in [5, 5.41) is 9.72. The molecule has 6 nitrogen and oxygen atoms in total. The van der Waals surface area contributed by atoms with E-state index in [2.05, 4.69) is 15.5 Å². The Labute approximate surface area is 134 Å². The molecule has 2 aromatic rings. The Morgan fingerprint density at radius 2 is 2.27 bits per heavy atom. The van der Waals surface area contributed by atoms with Crippen LogP contribution in [0.25, 0.3) is 11.3 Å². The molecule has 1 aromatic carbocycles. The summed E-state index contributed by atoms with van der Waals surface area (Å²) >= 11 is 0. The Hall–Kier alpha value is -1.89. The molecular weight excluding hydrogens is 304 g/mol. The number of anilines is 1. The van der Waals surface area contributed by atoms with Crippen molar-refractivity contribution in [1.29, 1.82) is 0 Å². The molecule has 0 radical (unpaired) electrons. The van der Waals surface area contributed by atoms with Gasteiger partial charge in [-0.1, -0.05) is 12.1 Å². The number of aromatic nitrogens is 2. The molecule has 1 aromatic heterocycles. The van der Waals surface area contributed by atoms with Gasteiger partial charge in [-0.05, 0) is 31.0 Å². The lowest BCUT2D eigenvalue weighted by Gasteiger charge is -2.13. The highest BCUT2D eigenvalue weighted by atomic mass is 35.5.